The molecule has 1 N–H and O–H groups in total. The summed E-state index contributed by atoms with van der Waals surface area (Å²) in [5.74, 6) is -0.178. The summed E-state index contributed by atoms with van der Waals surface area (Å²) in [6.07, 6.45) is 2.40. The lowest BCUT2D eigenvalue weighted by Crippen LogP contribution is -2.03. The Labute approximate surface area is 121 Å². The van der Waals surface area contributed by atoms with Crippen LogP contribution in [0.3, 0.4) is 0 Å². The number of aromatic amines is 1. The number of aromatic nitrogens is 3. The highest BCUT2D eigenvalue weighted by Gasteiger charge is 2.07. The molecule has 20 heavy (non-hydrogen) atoms. The number of rotatable bonds is 3. The Kier molecular flexibility index (Phi) is 3.36. The van der Waals surface area contributed by atoms with Crippen molar-refractivity contribution >= 4 is 23.4 Å². The molecule has 0 fully saturated rings. The summed E-state index contributed by atoms with van der Waals surface area (Å²) >= 11 is 5.32. The minimum atomic E-state index is -0.178. The molecule has 0 saturated carbocycles. The highest BCUT2D eigenvalue weighted by atomic mass is 32.1. The Bertz CT molecular complexity index is 819. The molecule has 0 aliphatic rings. The Hall–Kier alpha value is -2.01. The van der Waals surface area contributed by atoms with E-state index in [1.54, 1.807) is 12.1 Å². The summed E-state index contributed by atoms with van der Waals surface area (Å²) in [7, 11) is 0. The highest BCUT2D eigenvalue weighted by molar-refractivity contribution is 7.71. The topological polar surface area (TPSA) is 33.6 Å². The fourth-order valence-corrected chi connectivity index (χ4v) is 2.58. The Morgan fingerprint density at radius 1 is 1.35 bits per heavy atom. The molecule has 2 heterocycles. The number of pyridine rings is 1. The molecule has 3 rings (SSSR count). The monoisotopic (exact) mass is 287 g/mol. The molecule has 0 amide bonds. The van der Waals surface area contributed by atoms with Gasteiger partial charge in [0.1, 0.15) is 5.82 Å². The van der Waals surface area contributed by atoms with Crippen molar-refractivity contribution in [2.75, 3.05) is 0 Å². The second-order valence-electron chi connectivity index (χ2n) is 4.81. The zero-order valence-corrected chi connectivity index (χ0v) is 11.9. The predicted molar refractivity (Wildman–Crippen MR) is 79.8 cm³/mol. The fourth-order valence-electron chi connectivity index (χ4n) is 2.29. The number of H-pyrrole nitrogens is 1. The predicted octanol–water partition coefficient (Wildman–Crippen LogP) is 3.78. The minimum Gasteiger partial charge on any atom is -0.329 e. The van der Waals surface area contributed by atoms with Crippen LogP contribution in [0.4, 0.5) is 4.39 Å². The lowest BCUT2D eigenvalue weighted by atomic mass is 10.1. The lowest BCUT2D eigenvalue weighted by Gasteiger charge is -2.05. The third-order valence-corrected chi connectivity index (χ3v) is 3.63. The van der Waals surface area contributed by atoms with Crippen molar-refractivity contribution in [2.45, 2.75) is 19.9 Å². The van der Waals surface area contributed by atoms with Crippen molar-refractivity contribution in [1.82, 2.24) is 14.5 Å². The molecule has 0 aliphatic carbocycles. The Morgan fingerprint density at radius 2 is 2.15 bits per heavy atom. The first-order valence-corrected chi connectivity index (χ1v) is 6.84. The third-order valence-electron chi connectivity index (χ3n) is 3.31. The molecule has 1 aromatic carbocycles. The number of hydrogen-bond acceptors (Lipinski definition) is 2. The van der Waals surface area contributed by atoms with Crippen molar-refractivity contribution < 1.29 is 4.39 Å². The van der Waals surface area contributed by atoms with E-state index in [2.05, 4.69) is 9.97 Å². The van der Waals surface area contributed by atoms with Crippen LogP contribution < -0.4 is 0 Å². The molecule has 3 aromatic rings. The molecule has 0 saturated heterocycles. The van der Waals surface area contributed by atoms with E-state index in [1.165, 1.54) is 6.07 Å². The zero-order valence-electron chi connectivity index (χ0n) is 11.1. The largest absolute Gasteiger partial charge is 0.329 e. The second kappa shape index (κ2) is 5.17. The SMILES string of the molecule is Cc1cnc2c(c1)[nH]c(=S)n2CCc1ccccc1F. The molecule has 0 spiro atoms. The summed E-state index contributed by atoms with van der Waals surface area (Å²) in [4.78, 5) is 7.55. The average Bonchev–Trinajstić information content (AvgIpc) is 2.73. The van der Waals surface area contributed by atoms with Crippen LogP contribution in [0.25, 0.3) is 11.2 Å². The quantitative estimate of drug-likeness (QED) is 0.744. The summed E-state index contributed by atoms with van der Waals surface area (Å²) in [5, 5.41) is 0. The molecular weight excluding hydrogens is 273 g/mol. The first kappa shape index (κ1) is 13.0. The Balaban J connectivity index is 1.94. The number of nitrogens with zero attached hydrogens (tertiary/aromatic N) is 2. The van der Waals surface area contributed by atoms with E-state index in [1.807, 2.05) is 29.8 Å². The molecule has 0 aliphatic heterocycles. The van der Waals surface area contributed by atoms with E-state index < -0.39 is 0 Å². The van der Waals surface area contributed by atoms with Crippen LogP contribution in [0, 0.1) is 17.5 Å². The van der Waals surface area contributed by atoms with Gasteiger partial charge < -0.3 is 9.55 Å². The van der Waals surface area contributed by atoms with Crippen LogP contribution in [0.1, 0.15) is 11.1 Å². The van der Waals surface area contributed by atoms with E-state index >= 15 is 0 Å². The molecule has 5 heteroatoms. The van der Waals surface area contributed by atoms with Gasteiger partial charge >= 0.3 is 0 Å². The first-order chi connectivity index (χ1) is 9.65. The number of aryl methyl sites for hydroxylation is 3. The number of hydrogen-bond donors (Lipinski definition) is 1. The number of halogens is 1. The molecule has 3 nitrogen and oxygen atoms in total. The van der Waals surface area contributed by atoms with E-state index in [-0.39, 0.29) is 5.82 Å². The van der Waals surface area contributed by atoms with Gasteiger partial charge in [-0.1, -0.05) is 18.2 Å². The smallest absolute Gasteiger partial charge is 0.179 e. The molecule has 0 unspecified atom stereocenters. The van der Waals surface area contributed by atoms with Gasteiger partial charge in [-0.25, -0.2) is 9.37 Å². The minimum absolute atomic E-state index is 0.178. The van der Waals surface area contributed by atoms with E-state index in [4.69, 9.17) is 12.2 Å². The van der Waals surface area contributed by atoms with Crippen molar-refractivity contribution in [1.29, 1.82) is 0 Å². The third kappa shape index (κ3) is 2.36. The maximum atomic E-state index is 13.6. The maximum Gasteiger partial charge on any atom is 0.179 e. The highest BCUT2D eigenvalue weighted by Crippen LogP contribution is 2.15. The number of imidazole rings is 1. The summed E-state index contributed by atoms with van der Waals surface area (Å²) in [5.41, 5.74) is 3.51. The van der Waals surface area contributed by atoms with Crippen LogP contribution >= 0.6 is 12.2 Å². The molecular formula is C15H14FN3S. The molecule has 0 bridgehead atoms. The van der Waals surface area contributed by atoms with Gasteiger partial charge in [-0.2, -0.15) is 0 Å². The lowest BCUT2D eigenvalue weighted by molar-refractivity contribution is 0.594. The number of fused-ring (bicyclic) bond motifs is 1. The summed E-state index contributed by atoms with van der Waals surface area (Å²) in [6, 6.07) is 8.82. The zero-order chi connectivity index (χ0) is 14.1. The van der Waals surface area contributed by atoms with Crippen molar-refractivity contribution in [2.24, 2.45) is 0 Å². The van der Waals surface area contributed by atoms with Gasteiger partial charge in [-0.15, -0.1) is 0 Å². The standard InChI is InChI=1S/C15H14FN3S/c1-10-8-13-14(17-9-10)19(15(20)18-13)7-6-11-4-2-3-5-12(11)16/h2-5,8-9H,6-7H2,1H3,(H,18,20). The van der Waals surface area contributed by atoms with Crippen molar-refractivity contribution in [3.63, 3.8) is 0 Å². The maximum absolute atomic E-state index is 13.6. The van der Waals surface area contributed by atoms with Crippen LogP contribution in [0.2, 0.25) is 0 Å². The molecule has 2 aromatic heterocycles. The molecule has 0 atom stereocenters. The van der Waals surface area contributed by atoms with Gasteiger partial charge in [-0.05, 0) is 48.8 Å². The van der Waals surface area contributed by atoms with Gasteiger partial charge in [0.05, 0.1) is 5.52 Å². The first-order valence-electron chi connectivity index (χ1n) is 6.44. The van der Waals surface area contributed by atoms with Gasteiger partial charge in [0.15, 0.2) is 10.4 Å². The fraction of sp³-hybridized carbons (Fsp3) is 0.200. The Morgan fingerprint density at radius 3 is 2.95 bits per heavy atom. The average molecular weight is 287 g/mol. The van der Waals surface area contributed by atoms with Gasteiger partial charge in [-0.3, -0.25) is 0 Å². The van der Waals surface area contributed by atoms with E-state index in [0.717, 1.165) is 16.7 Å². The molecule has 102 valence electrons. The van der Waals surface area contributed by atoms with Crippen molar-refractivity contribution in [3.8, 4) is 0 Å². The normalized spacial score (nSPS) is 11.1. The van der Waals surface area contributed by atoms with Crippen LogP contribution in [0.5, 0.6) is 0 Å². The van der Waals surface area contributed by atoms with Gasteiger partial charge in [0, 0.05) is 12.7 Å². The van der Waals surface area contributed by atoms with Crippen LogP contribution in [-0.4, -0.2) is 14.5 Å². The van der Waals surface area contributed by atoms with Crippen LogP contribution in [0.15, 0.2) is 36.5 Å². The number of benzene rings is 1. The molecule has 0 radical (unpaired) electrons. The van der Waals surface area contributed by atoms with Gasteiger partial charge in [0.2, 0.25) is 0 Å². The second-order valence-corrected chi connectivity index (χ2v) is 5.19. The van der Waals surface area contributed by atoms with E-state index in [9.17, 15) is 4.39 Å². The summed E-state index contributed by atoms with van der Waals surface area (Å²) < 4.78 is 16.2. The van der Waals surface area contributed by atoms with Crippen LogP contribution in [-0.2, 0) is 13.0 Å². The van der Waals surface area contributed by atoms with Gasteiger partial charge in [0.25, 0.3) is 0 Å². The number of nitrogens with one attached hydrogen (secondary N) is 1. The summed E-state index contributed by atoms with van der Waals surface area (Å²) in [6.45, 7) is 2.59. The van der Waals surface area contributed by atoms with E-state index in [0.29, 0.717) is 23.3 Å². The van der Waals surface area contributed by atoms with Crippen molar-refractivity contribution in [3.05, 3.63) is 58.2 Å².